The van der Waals surface area contributed by atoms with Crippen LogP contribution in [0, 0.1) is 6.92 Å². The molecule has 0 unspecified atom stereocenters. The van der Waals surface area contributed by atoms with Crippen LogP contribution in [-0.2, 0) is 0 Å². The summed E-state index contributed by atoms with van der Waals surface area (Å²) in [6.45, 7) is 3.59. The quantitative estimate of drug-likeness (QED) is 0.870. The van der Waals surface area contributed by atoms with E-state index in [1.165, 1.54) is 11.3 Å². The maximum atomic E-state index is 12.9. The van der Waals surface area contributed by atoms with E-state index in [4.69, 9.17) is 0 Å². The first-order valence-corrected chi connectivity index (χ1v) is 8.50. The molecule has 0 bridgehead atoms. The number of carbonyl (C=O) groups is 1. The van der Waals surface area contributed by atoms with Crippen molar-refractivity contribution in [3.63, 3.8) is 0 Å². The average Bonchev–Trinajstić information content (AvgIpc) is 2.97. The second-order valence-corrected chi connectivity index (χ2v) is 6.83. The lowest BCUT2D eigenvalue weighted by atomic mass is 10.0. The Bertz CT molecular complexity index is 655. The number of likely N-dealkylation sites (tertiary alicyclic amines) is 1. The molecule has 1 aliphatic rings. The lowest BCUT2D eigenvalue weighted by Crippen LogP contribution is -2.43. The van der Waals surface area contributed by atoms with Crippen LogP contribution in [0.4, 0.5) is 0 Å². The summed E-state index contributed by atoms with van der Waals surface area (Å²) >= 11 is 1.50. The van der Waals surface area contributed by atoms with Crippen LogP contribution in [0.5, 0.6) is 0 Å². The number of aryl methyl sites for hydroxylation is 1. The van der Waals surface area contributed by atoms with Crippen LogP contribution >= 0.6 is 36.2 Å². The third kappa shape index (κ3) is 4.48. The van der Waals surface area contributed by atoms with Gasteiger partial charge in [-0.1, -0.05) is 30.3 Å². The molecule has 1 amide bonds. The Morgan fingerprint density at radius 2 is 1.83 bits per heavy atom. The number of amides is 1. The first kappa shape index (κ1) is 20.9. The van der Waals surface area contributed by atoms with Crippen LogP contribution in [0.25, 0.3) is 11.3 Å². The van der Waals surface area contributed by atoms with E-state index in [9.17, 15) is 4.79 Å². The molecule has 1 aromatic carbocycles. The van der Waals surface area contributed by atoms with Gasteiger partial charge in [-0.15, -0.1) is 36.2 Å². The van der Waals surface area contributed by atoms with Crippen molar-refractivity contribution >= 4 is 42.1 Å². The van der Waals surface area contributed by atoms with Gasteiger partial charge < -0.3 is 10.2 Å². The first-order chi connectivity index (χ1) is 10.7. The molecule has 0 aliphatic carbocycles. The lowest BCUT2D eigenvalue weighted by Gasteiger charge is -2.31. The summed E-state index contributed by atoms with van der Waals surface area (Å²) in [5.74, 6) is 0.124. The number of hydrogen-bond donors (Lipinski definition) is 1. The number of halogens is 2. The van der Waals surface area contributed by atoms with Gasteiger partial charge in [0.2, 0.25) is 0 Å². The molecule has 1 saturated heterocycles. The van der Waals surface area contributed by atoms with Gasteiger partial charge in [0.15, 0.2) is 0 Å². The molecule has 1 aromatic heterocycles. The second-order valence-electron chi connectivity index (χ2n) is 5.63. The largest absolute Gasteiger partial charge is 0.338 e. The minimum Gasteiger partial charge on any atom is -0.338 e. The molecule has 0 spiro atoms. The van der Waals surface area contributed by atoms with Crippen molar-refractivity contribution in [2.24, 2.45) is 0 Å². The molecule has 1 aliphatic heterocycles. The van der Waals surface area contributed by atoms with Gasteiger partial charge in [0.05, 0.1) is 10.7 Å². The fourth-order valence-electron chi connectivity index (χ4n) is 2.88. The number of aromatic nitrogens is 1. The molecule has 7 heteroatoms. The van der Waals surface area contributed by atoms with E-state index in [1.807, 2.05) is 49.2 Å². The summed E-state index contributed by atoms with van der Waals surface area (Å²) in [6.07, 6.45) is 2.03. The van der Waals surface area contributed by atoms with Crippen LogP contribution < -0.4 is 5.32 Å². The number of piperidine rings is 1. The molecule has 132 valence electrons. The number of nitrogens with zero attached hydrogens (tertiary/aromatic N) is 2. The van der Waals surface area contributed by atoms with Crippen LogP contribution in [-0.4, -0.2) is 42.0 Å². The zero-order valence-electron chi connectivity index (χ0n) is 13.8. The Morgan fingerprint density at radius 1 is 1.21 bits per heavy atom. The lowest BCUT2D eigenvalue weighted by molar-refractivity contribution is 0.0713. The summed E-state index contributed by atoms with van der Waals surface area (Å²) in [4.78, 5) is 20.2. The van der Waals surface area contributed by atoms with E-state index in [0.29, 0.717) is 6.04 Å². The van der Waals surface area contributed by atoms with Crippen molar-refractivity contribution in [1.82, 2.24) is 15.2 Å². The van der Waals surface area contributed by atoms with Crippen molar-refractivity contribution in [3.8, 4) is 11.3 Å². The zero-order chi connectivity index (χ0) is 15.5. The number of rotatable bonds is 3. The van der Waals surface area contributed by atoms with E-state index < -0.39 is 0 Å². The Balaban J connectivity index is 0.00000144. The van der Waals surface area contributed by atoms with Crippen LogP contribution in [0.1, 0.15) is 27.5 Å². The highest BCUT2D eigenvalue weighted by atomic mass is 35.5. The van der Waals surface area contributed by atoms with Gasteiger partial charge >= 0.3 is 0 Å². The summed E-state index contributed by atoms with van der Waals surface area (Å²) < 4.78 is 0. The number of nitrogens with one attached hydrogen (secondary N) is 1. The highest BCUT2D eigenvalue weighted by Crippen LogP contribution is 2.29. The Labute approximate surface area is 159 Å². The van der Waals surface area contributed by atoms with Gasteiger partial charge in [0, 0.05) is 24.7 Å². The van der Waals surface area contributed by atoms with Gasteiger partial charge in [0.1, 0.15) is 4.88 Å². The molecule has 1 N–H and O–H groups in total. The zero-order valence-corrected chi connectivity index (χ0v) is 16.3. The number of benzene rings is 1. The highest BCUT2D eigenvalue weighted by Gasteiger charge is 2.26. The van der Waals surface area contributed by atoms with Crippen molar-refractivity contribution in [3.05, 3.63) is 40.2 Å². The Hall–Kier alpha value is -1.14. The molecule has 0 atom stereocenters. The maximum absolute atomic E-state index is 12.9. The van der Waals surface area contributed by atoms with Crippen molar-refractivity contribution < 1.29 is 4.79 Å². The van der Waals surface area contributed by atoms with E-state index >= 15 is 0 Å². The predicted octanol–water partition coefficient (Wildman–Crippen LogP) is 3.79. The fraction of sp³-hybridized carbons (Fsp3) is 0.412. The number of carbonyl (C=O) groups excluding carboxylic acids is 1. The van der Waals surface area contributed by atoms with Crippen LogP contribution in [0.3, 0.4) is 0 Å². The molecule has 0 radical (unpaired) electrons. The molecular weight excluding hydrogens is 365 g/mol. The molecule has 24 heavy (non-hydrogen) atoms. The molecular formula is C17H23Cl2N3OS. The van der Waals surface area contributed by atoms with E-state index in [0.717, 1.165) is 47.1 Å². The molecule has 2 aromatic rings. The smallest absolute Gasteiger partial charge is 0.266 e. The predicted molar refractivity (Wildman–Crippen MR) is 105 cm³/mol. The molecule has 3 rings (SSSR count). The highest BCUT2D eigenvalue weighted by molar-refractivity contribution is 7.14. The normalized spacial score (nSPS) is 14.7. The average molecular weight is 388 g/mol. The Morgan fingerprint density at radius 3 is 2.42 bits per heavy atom. The van der Waals surface area contributed by atoms with E-state index in [-0.39, 0.29) is 30.7 Å². The monoisotopic (exact) mass is 387 g/mol. The van der Waals surface area contributed by atoms with Crippen molar-refractivity contribution in [2.45, 2.75) is 25.8 Å². The summed E-state index contributed by atoms with van der Waals surface area (Å²) in [5.41, 5.74) is 1.84. The first-order valence-electron chi connectivity index (χ1n) is 7.68. The molecule has 1 fully saturated rings. The van der Waals surface area contributed by atoms with Gasteiger partial charge in [0.25, 0.3) is 5.91 Å². The number of hydrogen-bond acceptors (Lipinski definition) is 4. The standard InChI is InChI=1S/C17H21N3OS.2ClH/c1-12-19-15(13-6-4-3-5-7-13)16(22-12)17(21)20-10-8-14(18-2)9-11-20;;/h3-7,14,18H,8-11H2,1-2H3;2*1H. The third-order valence-corrected chi connectivity index (χ3v) is 5.12. The topological polar surface area (TPSA) is 45.2 Å². The molecule has 4 nitrogen and oxygen atoms in total. The van der Waals surface area contributed by atoms with Crippen LogP contribution in [0.2, 0.25) is 0 Å². The minimum absolute atomic E-state index is 0. The summed E-state index contributed by atoms with van der Waals surface area (Å²) in [5, 5.41) is 4.23. The summed E-state index contributed by atoms with van der Waals surface area (Å²) in [6, 6.07) is 10.5. The van der Waals surface area contributed by atoms with Crippen molar-refractivity contribution in [1.29, 1.82) is 0 Å². The number of thiazole rings is 1. The van der Waals surface area contributed by atoms with Gasteiger partial charge in [-0.25, -0.2) is 4.98 Å². The third-order valence-electron chi connectivity index (χ3n) is 4.17. The molecule has 0 saturated carbocycles. The Kier molecular flexibility index (Phi) is 8.16. The van der Waals surface area contributed by atoms with Crippen molar-refractivity contribution in [2.75, 3.05) is 20.1 Å². The SMILES string of the molecule is CNC1CCN(C(=O)c2sc(C)nc2-c2ccccc2)CC1.Cl.Cl. The second kappa shape index (κ2) is 9.37. The van der Waals surface area contributed by atoms with Gasteiger partial charge in [-0.05, 0) is 26.8 Å². The van der Waals surface area contributed by atoms with E-state index in [1.54, 1.807) is 0 Å². The van der Waals surface area contributed by atoms with Crippen LogP contribution in [0.15, 0.2) is 30.3 Å². The fourth-order valence-corrected chi connectivity index (χ4v) is 3.79. The van der Waals surface area contributed by atoms with E-state index in [2.05, 4.69) is 10.3 Å². The summed E-state index contributed by atoms with van der Waals surface area (Å²) in [7, 11) is 1.99. The van der Waals surface area contributed by atoms with Gasteiger partial charge in [-0.3, -0.25) is 4.79 Å². The molecule has 2 heterocycles. The maximum Gasteiger partial charge on any atom is 0.266 e. The minimum atomic E-state index is 0. The van der Waals surface area contributed by atoms with Gasteiger partial charge in [-0.2, -0.15) is 0 Å².